The molecule has 2 amide bonds. The Kier molecular flexibility index (Phi) is 7.44. The van der Waals surface area contributed by atoms with E-state index in [1.165, 1.54) is 32.1 Å². The van der Waals surface area contributed by atoms with Gasteiger partial charge in [0.2, 0.25) is 5.91 Å². The van der Waals surface area contributed by atoms with Gasteiger partial charge in [-0.15, -0.1) is 0 Å². The SMILES string of the molecule is COc1ccc(C(=O)NCC(=O)Nc2ncccc2OCC2CCCCC2)cc1. The highest BCUT2D eigenvalue weighted by atomic mass is 16.5. The molecule has 154 valence electrons. The highest BCUT2D eigenvalue weighted by molar-refractivity contribution is 5.99. The number of nitrogens with one attached hydrogen (secondary N) is 2. The minimum absolute atomic E-state index is 0.163. The second-order valence-electron chi connectivity index (χ2n) is 7.12. The van der Waals surface area contributed by atoms with Crippen LogP contribution in [0.15, 0.2) is 42.6 Å². The predicted octanol–water partition coefficient (Wildman–Crippen LogP) is 3.42. The monoisotopic (exact) mass is 397 g/mol. The van der Waals surface area contributed by atoms with Crippen molar-refractivity contribution in [3.8, 4) is 11.5 Å². The number of anilines is 1. The number of nitrogens with zero attached hydrogens (tertiary/aromatic N) is 1. The van der Waals surface area contributed by atoms with Crippen LogP contribution < -0.4 is 20.1 Å². The van der Waals surface area contributed by atoms with Crippen molar-refractivity contribution in [1.82, 2.24) is 10.3 Å². The van der Waals surface area contributed by atoms with Crippen LogP contribution in [0.3, 0.4) is 0 Å². The Labute approximate surface area is 170 Å². The van der Waals surface area contributed by atoms with E-state index in [4.69, 9.17) is 9.47 Å². The zero-order valence-electron chi connectivity index (χ0n) is 16.6. The van der Waals surface area contributed by atoms with Crippen LogP contribution in [0.1, 0.15) is 42.5 Å². The van der Waals surface area contributed by atoms with Crippen molar-refractivity contribution in [3.63, 3.8) is 0 Å². The molecular formula is C22H27N3O4. The number of methoxy groups -OCH3 is 1. The standard InChI is InChI=1S/C22H27N3O4/c1-28-18-11-9-17(10-12-18)22(27)24-14-20(26)25-21-19(8-5-13-23-21)29-15-16-6-3-2-4-7-16/h5,8-13,16H,2-4,6-7,14-15H2,1H3,(H,24,27)(H,23,25,26). The number of carbonyl (C=O) groups is 2. The maximum atomic E-state index is 12.3. The number of pyridine rings is 1. The first-order chi connectivity index (χ1) is 14.2. The Balaban J connectivity index is 1.50. The molecule has 29 heavy (non-hydrogen) atoms. The molecular weight excluding hydrogens is 370 g/mol. The van der Waals surface area contributed by atoms with Crippen molar-refractivity contribution in [2.45, 2.75) is 32.1 Å². The first kappa shape index (κ1) is 20.6. The van der Waals surface area contributed by atoms with E-state index in [1.807, 2.05) is 0 Å². The lowest BCUT2D eigenvalue weighted by Crippen LogP contribution is -2.33. The molecule has 0 aliphatic heterocycles. The topological polar surface area (TPSA) is 89.5 Å². The summed E-state index contributed by atoms with van der Waals surface area (Å²) >= 11 is 0. The lowest BCUT2D eigenvalue weighted by atomic mass is 9.90. The number of carbonyl (C=O) groups excluding carboxylic acids is 2. The number of rotatable bonds is 8. The molecule has 7 nitrogen and oxygen atoms in total. The zero-order valence-corrected chi connectivity index (χ0v) is 16.6. The van der Waals surface area contributed by atoms with Gasteiger partial charge >= 0.3 is 0 Å². The summed E-state index contributed by atoms with van der Waals surface area (Å²) in [6.45, 7) is 0.465. The number of aromatic nitrogens is 1. The van der Waals surface area contributed by atoms with Crippen molar-refractivity contribution >= 4 is 17.6 Å². The lowest BCUT2D eigenvalue weighted by Gasteiger charge is -2.22. The second-order valence-corrected chi connectivity index (χ2v) is 7.12. The number of ether oxygens (including phenoxy) is 2. The molecule has 1 aromatic heterocycles. The van der Waals surface area contributed by atoms with Gasteiger partial charge < -0.3 is 20.1 Å². The Hall–Kier alpha value is -3.09. The minimum atomic E-state index is -0.368. The van der Waals surface area contributed by atoms with Crippen LogP contribution in [0.25, 0.3) is 0 Å². The third-order valence-electron chi connectivity index (χ3n) is 4.99. The minimum Gasteiger partial charge on any atom is -0.497 e. The van der Waals surface area contributed by atoms with E-state index in [0.717, 1.165) is 0 Å². The van der Waals surface area contributed by atoms with Gasteiger partial charge in [0, 0.05) is 11.8 Å². The van der Waals surface area contributed by atoms with Gasteiger partial charge in [0.05, 0.1) is 20.3 Å². The van der Waals surface area contributed by atoms with Crippen molar-refractivity contribution in [2.75, 3.05) is 25.6 Å². The normalized spacial score (nSPS) is 14.1. The van der Waals surface area contributed by atoms with E-state index in [1.54, 1.807) is 49.7 Å². The molecule has 1 fully saturated rings. The fourth-order valence-corrected chi connectivity index (χ4v) is 3.34. The molecule has 3 rings (SSSR count). The highest BCUT2D eigenvalue weighted by Crippen LogP contribution is 2.26. The molecule has 1 heterocycles. The van der Waals surface area contributed by atoms with Crippen LogP contribution in [-0.2, 0) is 4.79 Å². The molecule has 0 atom stereocenters. The Bertz CT molecular complexity index is 817. The molecule has 1 aliphatic carbocycles. The molecule has 0 spiro atoms. The molecule has 1 aromatic carbocycles. The van der Waals surface area contributed by atoms with Crippen molar-refractivity contribution in [2.24, 2.45) is 5.92 Å². The summed E-state index contributed by atoms with van der Waals surface area (Å²) in [6, 6.07) is 10.2. The first-order valence-corrected chi connectivity index (χ1v) is 9.95. The third kappa shape index (κ3) is 6.20. The van der Waals surface area contributed by atoms with Crippen molar-refractivity contribution < 1.29 is 19.1 Å². The number of amides is 2. The quantitative estimate of drug-likeness (QED) is 0.712. The van der Waals surface area contributed by atoms with Gasteiger partial charge in [0.1, 0.15) is 5.75 Å². The van der Waals surface area contributed by atoms with E-state index in [2.05, 4.69) is 15.6 Å². The van der Waals surface area contributed by atoms with Gasteiger partial charge in [0.15, 0.2) is 11.6 Å². The molecule has 2 N–H and O–H groups in total. The van der Waals surface area contributed by atoms with Gasteiger partial charge in [-0.1, -0.05) is 19.3 Å². The van der Waals surface area contributed by atoms with E-state index < -0.39 is 0 Å². The molecule has 0 bridgehead atoms. The maximum Gasteiger partial charge on any atom is 0.251 e. The molecule has 1 aliphatic rings. The summed E-state index contributed by atoms with van der Waals surface area (Å²) in [4.78, 5) is 28.6. The van der Waals surface area contributed by atoms with Crippen molar-refractivity contribution in [3.05, 3.63) is 48.2 Å². The largest absolute Gasteiger partial charge is 0.497 e. The van der Waals surface area contributed by atoms with Gasteiger partial charge in [-0.05, 0) is 55.2 Å². The Morgan fingerprint density at radius 1 is 1.10 bits per heavy atom. The van der Waals surface area contributed by atoms with E-state index >= 15 is 0 Å². The Morgan fingerprint density at radius 2 is 1.86 bits per heavy atom. The number of hydrogen-bond donors (Lipinski definition) is 2. The smallest absolute Gasteiger partial charge is 0.251 e. The number of benzene rings is 1. The fraction of sp³-hybridized carbons (Fsp3) is 0.409. The van der Waals surface area contributed by atoms with E-state index in [-0.39, 0.29) is 18.4 Å². The van der Waals surface area contributed by atoms with Crippen LogP contribution in [0.4, 0.5) is 5.82 Å². The lowest BCUT2D eigenvalue weighted by molar-refractivity contribution is -0.115. The molecule has 0 radical (unpaired) electrons. The molecule has 2 aromatic rings. The summed E-state index contributed by atoms with van der Waals surface area (Å²) in [5.74, 6) is 1.43. The predicted molar refractivity (Wildman–Crippen MR) is 110 cm³/mol. The molecule has 0 saturated heterocycles. The van der Waals surface area contributed by atoms with Crippen LogP contribution in [0.2, 0.25) is 0 Å². The van der Waals surface area contributed by atoms with Gasteiger partial charge in [-0.3, -0.25) is 9.59 Å². The third-order valence-corrected chi connectivity index (χ3v) is 4.99. The second kappa shape index (κ2) is 10.5. The van der Waals surface area contributed by atoms with Gasteiger partial charge in [-0.25, -0.2) is 4.98 Å². The molecule has 1 saturated carbocycles. The van der Waals surface area contributed by atoms with Crippen LogP contribution in [0.5, 0.6) is 11.5 Å². The molecule has 0 unspecified atom stereocenters. The van der Waals surface area contributed by atoms with E-state index in [9.17, 15) is 9.59 Å². The Morgan fingerprint density at radius 3 is 2.59 bits per heavy atom. The van der Waals surface area contributed by atoms with Crippen LogP contribution in [-0.4, -0.2) is 37.1 Å². The van der Waals surface area contributed by atoms with Crippen molar-refractivity contribution in [1.29, 1.82) is 0 Å². The summed E-state index contributed by atoms with van der Waals surface area (Å²) in [6.07, 6.45) is 7.75. The average Bonchev–Trinajstić information content (AvgIpc) is 2.77. The summed E-state index contributed by atoms with van der Waals surface area (Å²) < 4.78 is 11.0. The summed E-state index contributed by atoms with van der Waals surface area (Å²) in [7, 11) is 1.56. The van der Waals surface area contributed by atoms with Crippen LogP contribution in [0, 0.1) is 5.92 Å². The van der Waals surface area contributed by atoms with E-state index in [0.29, 0.717) is 35.4 Å². The summed E-state index contributed by atoms with van der Waals surface area (Å²) in [5, 5.41) is 5.31. The average molecular weight is 397 g/mol. The van der Waals surface area contributed by atoms with Gasteiger partial charge in [-0.2, -0.15) is 0 Å². The first-order valence-electron chi connectivity index (χ1n) is 9.95. The molecule has 7 heteroatoms. The highest BCUT2D eigenvalue weighted by Gasteiger charge is 2.16. The van der Waals surface area contributed by atoms with Crippen LogP contribution >= 0.6 is 0 Å². The number of hydrogen-bond acceptors (Lipinski definition) is 5. The maximum absolute atomic E-state index is 12.3. The van der Waals surface area contributed by atoms with Gasteiger partial charge in [0.25, 0.3) is 5.91 Å². The zero-order chi connectivity index (χ0) is 20.5. The fourth-order valence-electron chi connectivity index (χ4n) is 3.34. The summed E-state index contributed by atoms with van der Waals surface area (Å²) in [5.41, 5.74) is 0.452.